The number of carbonyl (C=O) groups is 1. The molecule has 212 valence electrons. The minimum absolute atomic E-state index is 0.0288. The Morgan fingerprint density at radius 2 is 1.87 bits per heavy atom. The van der Waals surface area contributed by atoms with Crippen LogP contribution in [-0.2, 0) is 25.1 Å². The molecular weight excluding hydrogens is 555 g/mol. The van der Waals surface area contributed by atoms with Crippen molar-refractivity contribution in [3.63, 3.8) is 0 Å². The second-order valence-corrected chi connectivity index (χ2v) is 10.5. The van der Waals surface area contributed by atoms with Gasteiger partial charge in [0.2, 0.25) is 21.3 Å². The molecule has 3 aromatic rings. The SMILES string of the molecule is Cc1c(OCC(F)(F)F)ccnc1CS(=O)(=O)c1nc2ccc(OC3O[C@H](C(=O)O)[C@@H](O)C(O)[C@H]3O)cc2[nH]1. The van der Waals surface area contributed by atoms with Crippen molar-refractivity contribution >= 4 is 26.8 Å². The van der Waals surface area contributed by atoms with Gasteiger partial charge in [0.25, 0.3) is 0 Å². The number of aliphatic hydroxyl groups excluding tert-OH is 3. The highest BCUT2D eigenvalue weighted by atomic mass is 32.2. The van der Waals surface area contributed by atoms with Crippen molar-refractivity contribution in [2.75, 3.05) is 6.61 Å². The Bertz CT molecular complexity index is 1480. The number of hydrogen-bond donors (Lipinski definition) is 5. The number of aliphatic hydroxyl groups is 3. The second-order valence-electron chi connectivity index (χ2n) is 8.62. The number of hydrogen-bond acceptors (Lipinski definition) is 11. The van der Waals surface area contributed by atoms with Crippen molar-refractivity contribution in [1.29, 1.82) is 0 Å². The summed E-state index contributed by atoms with van der Waals surface area (Å²) in [6, 6.07) is 5.13. The van der Waals surface area contributed by atoms with Crippen molar-refractivity contribution in [2.45, 2.75) is 54.7 Å². The van der Waals surface area contributed by atoms with E-state index in [4.69, 9.17) is 19.3 Å². The van der Waals surface area contributed by atoms with Crippen LogP contribution in [0.15, 0.2) is 35.6 Å². The first kappa shape index (κ1) is 28.5. The average molecular weight is 577 g/mol. The van der Waals surface area contributed by atoms with Crippen LogP contribution >= 0.6 is 0 Å². The Labute approximate surface area is 217 Å². The maximum atomic E-state index is 13.0. The minimum Gasteiger partial charge on any atom is -0.484 e. The third-order valence-corrected chi connectivity index (χ3v) is 7.20. The molecule has 0 bridgehead atoms. The molecule has 2 unspecified atom stereocenters. The first-order chi connectivity index (χ1) is 18.2. The fourth-order valence-electron chi connectivity index (χ4n) is 3.74. The molecule has 0 saturated carbocycles. The maximum absolute atomic E-state index is 13.0. The van der Waals surface area contributed by atoms with Crippen LogP contribution in [0.5, 0.6) is 11.5 Å². The van der Waals surface area contributed by atoms with Crippen LogP contribution in [-0.4, -0.2) is 93.3 Å². The number of aliphatic carboxylic acids is 1. The smallest absolute Gasteiger partial charge is 0.422 e. The predicted molar refractivity (Wildman–Crippen MR) is 122 cm³/mol. The molecule has 1 aliphatic rings. The van der Waals surface area contributed by atoms with Gasteiger partial charge in [-0.1, -0.05) is 0 Å². The molecule has 4 rings (SSSR count). The summed E-state index contributed by atoms with van der Waals surface area (Å²) in [5, 5.41) is 38.5. The van der Waals surface area contributed by atoms with E-state index in [0.29, 0.717) is 0 Å². The lowest BCUT2D eigenvalue weighted by molar-refractivity contribution is -0.271. The van der Waals surface area contributed by atoms with Crippen LogP contribution in [0.3, 0.4) is 0 Å². The number of nitrogens with zero attached hydrogens (tertiary/aromatic N) is 2. The normalized spacial score (nSPS) is 24.0. The van der Waals surface area contributed by atoms with Gasteiger partial charge in [0.05, 0.1) is 16.7 Å². The van der Waals surface area contributed by atoms with Crippen molar-refractivity contribution < 1.29 is 61.0 Å². The van der Waals surface area contributed by atoms with Crippen molar-refractivity contribution in [3.8, 4) is 11.5 Å². The molecule has 3 heterocycles. The standard InChI is InChI=1S/C22H22F3N3O10S/c1-9-13(26-5-4-14(9)36-8-22(23,24)25)7-39(34,35)21-27-11-3-2-10(6-12(11)28-21)37-20-17(31)15(29)16(30)18(38-20)19(32)33/h2-6,15-18,20,29-31H,7-8H2,1H3,(H,27,28)(H,32,33)/t15?,16-,17+,18-,20?/m0/s1. The third-order valence-electron chi connectivity index (χ3n) is 5.77. The molecule has 13 nitrogen and oxygen atoms in total. The number of imidazole rings is 1. The highest BCUT2D eigenvalue weighted by Gasteiger charge is 2.48. The van der Waals surface area contributed by atoms with E-state index < -0.39 is 70.2 Å². The van der Waals surface area contributed by atoms with Crippen LogP contribution < -0.4 is 9.47 Å². The summed E-state index contributed by atoms with van der Waals surface area (Å²) in [7, 11) is -4.18. The number of alkyl halides is 3. The lowest BCUT2D eigenvalue weighted by Crippen LogP contribution is -2.61. The summed E-state index contributed by atoms with van der Waals surface area (Å²) in [4.78, 5) is 21.8. The molecule has 17 heteroatoms. The number of aromatic amines is 1. The Morgan fingerprint density at radius 3 is 2.54 bits per heavy atom. The molecular formula is C22H22F3N3O10S. The topological polar surface area (TPSA) is 201 Å². The van der Waals surface area contributed by atoms with Crippen LogP contribution in [0.1, 0.15) is 11.3 Å². The van der Waals surface area contributed by atoms with Gasteiger partial charge in [0.15, 0.2) is 12.7 Å². The number of halogens is 3. The summed E-state index contributed by atoms with van der Waals surface area (Å²) in [5.74, 6) is -2.50. The molecule has 2 aromatic heterocycles. The van der Waals surface area contributed by atoms with Gasteiger partial charge in [-0.3, -0.25) is 4.98 Å². The van der Waals surface area contributed by atoms with Gasteiger partial charge in [-0.2, -0.15) is 13.2 Å². The molecule has 5 atom stereocenters. The fourth-order valence-corrected chi connectivity index (χ4v) is 5.03. The zero-order valence-electron chi connectivity index (χ0n) is 19.9. The number of benzene rings is 1. The second kappa shape index (κ2) is 10.6. The molecule has 1 saturated heterocycles. The quantitative estimate of drug-likeness (QED) is 0.248. The molecule has 0 spiro atoms. The largest absolute Gasteiger partial charge is 0.484 e. The van der Waals surface area contributed by atoms with Crippen LogP contribution in [0.25, 0.3) is 11.0 Å². The Morgan fingerprint density at radius 1 is 1.15 bits per heavy atom. The first-order valence-electron chi connectivity index (χ1n) is 11.1. The van der Waals surface area contributed by atoms with Gasteiger partial charge in [0, 0.05) is 17.8 Å². The maximum Gasteiger partial charge on any atom is 0.422 e. The highest BCUT2D eigenvalue weighted by molar-refractivity contribution is 7.90. The summed E-state index contributed by atoms with van der Waals surface area (Å²) >= 11 is 0. The third kappa shape index (κ3) is 6.22. The number of ether oxygens (including phenoxy) is 3. The van der Waals surface area contributed by atoms with Gasteiger partial charge in [-0.15, -0.1) is 0 Å². The van der Waals surface area contributed by atoms with E-state index in [2.05, 4.69) is 15.0 Å². The van der Waals surface area contributed by atoms with Crippen LogP contribution in [0.2, 0.25) is 0 Å². The summed E-state index contributed by atoms with van der Waals surface area (Å²) < 4.78 is 78.8. The Balaban J connectivity index is 1.53. The number of carboxylic acids is 1. The minimum atomic E-state index is -4.58. The van der Waals surface area contributed by atoms with Gasteiger partial charge >= 0.3 is 12.1 Å². The van der Waals surface area contributed by atoms with Gasteiger partial charge in [-0.05, 0) is 25.1 Å². The lowest BCUT2D eigenvalue weighted by atomic mass is 9.99. The lowest BCUT2D eigenvalue weighted by Gasteiger charge is -2.38. The number of nitrogens with one attached hydrogen (secondary N) is 1. The van der Waals surface area contributed by atoms with Crippen molar-refractivity contribution in [1.82, 2.24) is 15.0 Å². The van der Waals surface area contributed by atoms with Gasteiger partial charge < -0.3 is 39.6 Å². The van der Waals surface area contributed by atoms with E-state index in [9.17, 15) is 41.7 Å². The van der Waals surface area contributed by atoms with Crippen molar-refractivity contribution in [2.24, 2.45) is 0 Å². The summed E-state index contributed by atoms with van der Waals surface area (Å²) in [5.41, 5.74) is 0.391. The molecule has 0 radical (unpaired) electrons. The van der Waals surface area contributed by atoms with E-state index in [1.807, 2.05) is 0 Å². The predicted octanol–water partition coefficient (Wildman–Crippen LogP) is 0.452. The molecule has 0 amide bonds. The number of sulfone groups is 1. The molecule has 1 fully saturated rings. The number of aromatic nitrogens is 3. The van der Waals surface area contributed by atoms with E-state index >= 15 is 0 Å². The van der Waals surface area contributed by atoms with E-state index in [1.165, 1.54) is 31.2 Å². The van der Waals surface area contributed by atoms with Crippen LogP contribution in [0.4, 0.5) is 13.2 Å². The van der Waals surface area contributed by atoms with E-state index in [1.54, 1.807) is 0 Å². The average Bonchev–Trinajstić information content (AvgIpc) is 3.28. The molecule has 1 aliphatic heterocycles. The van der Waals surface area contributed by atoms with Crippen molar-refractivity contribution in [3.05, 3.63) is 41.7 Å². The number of pyridine rings is 1. The number of carboxylic acid groups (broad SMARTS) is 1. The van der Waals surface area contributed by atoms with Gasteiger partial charge in [0.1, 0.15) is 35.6 Å². The number of H-pyrrole nitrogens is 1. The zero-order chi connectivity index (χ0) is 28.7. The monoisotopic (exact) mass is 577 g/mol. The first-order valence-corrected chi connectivity index (χ1v) is 12.8. The van der Waals surface area contributed by atoms with E-state index in [0.717, 1.165) is 6.20 Å². The molecule has 39 heavy (non-hydrogen) atoms. The van der Waals surface area contributed by atoms with Gasteiger partial charge in [-0.25, -0.2) is 18.2 Å². The summed E-state index contributed by atoms with van der Waals surface area (Å²) in [6.07, 6.45) is -12.6. The summed E-state index contributed by atoms with van der Waals surface area (Å²) in [6.45, 7) is -0.185. The zero-order valence-corrected chi connectivity index (χ0v) is 20.7. The molecule has 5 N–H and O–H groups in total. The number of fused-ring (bicyclic) bond motifs is 1. The van der Waals surface area contributed by atoms with E-state index in [-0.39, 0.29) is 33.8 Å². The fraction of sp³-hybridized carbons (Fsp3) is 0.409. The Hall–Kier alpha value is -3.51. The highest BCUT2D eigenvalue weighted by Crippen LogP contribution is 2.29. The Kier molecular flexibility index (Phi) is 7.72. The number of rotatable bonds is 8. The molecule has 0 aliphatic carbocycles. The van der Waals surface area contributed by atoms with Crippen LogP contribution in [0, 0.1) is 6.92 Å². The molecule has 1 aromatic carbocycles.